The Kier molecular flexibility index (Phi) is 45.4. The molecule has 2 amide bonds. The number of nitrogens with zero attached hydrogens (tertiary/aromatic N) is 10. The Bertz CT molecular complexity index is 4000. The maximum absolute atomic E-state index is 11.1. The van der Waals surface area contributed by atoms with E-state index >= 15 is 0 Å². The molecule has 0 aromatic heterocycles. The minimum atomic E-state index is 0.0887. The average molecular weight is 2000 g/mol. The van der Waals surface area contributed by atoms with Crippen LogP contribution in [0.3, 0.4) is 0 Å². The van der Waals surface area contributed by atoms with Crippen LogP contribution in [0.5, 0.6) is 0 Å². The molecule has 16 fully saturated rings. The van der Waals surface area contributed by atoms with Gasteiger partial charge in [-0.3, -0.25) is 43.9 Å². The van der Waals surface area contributed by atoms with E-state index in [9.17, 15) is 24.0 Å². The van der Waals surface area contributed by atoms with Crippen molar-refractivity contribution in [2.45, 2.75) is 484 Å². The molecule has 5 saturated carbocycles. The third-order valence-electron chi connectivity index (χ3n) is 33.1. The van der Waals surface area contributed by atoms with Crippen molar-refractivity contribution < 1.29 is 24.0 Å². The van der Waals surface area contributed by atoms with Gasteiger partial charge in [-0.25, -0.2) is 0 Å². The van der Waals surface area contributed by atoms with Crippen LogP contribution in [0.2, 0.25) is 0 Å². The van der Waals surface area contributed by atoms with E-state index in [-0.39, 0.29) is 39.5 Å². The fraction of sp³-hybridized carbons (Fsp3) is 0.876. The van der Waals surface area contributed by atoms with Crippen LogP contribution in [-0.2, 0) is 24.0 Å². The number of hydrogen-bond donors (Lipinski definition) is 7. The Morgan fingerprint density at radius 1 is 0.357 bits per heavy atom. The monoisotopic (exact) mass is 2000 g/mol. The first-order chi connectivity index (χ1) is 65.0. The van der Waals surface area contributed by atoms with Gasteiger partial charge < -0.3 is 66.3 Å². The Morgan fingerprint density at radius 3 is 1.11 bits per heavy atom. The van der Waals surface area contributed by atoms with Crippen LogP contribution in [-0.4, -0.2) is 308 Å². The number of likely N-dealkylation sites (tertiary alicyclic amines) is 10. The molecule has 0 aromatic rings. The van der Waals surface area contributed by atoms with Crippen molar-refractivity contribution in [1.29, 1.82) is 0 Å². The van der Waals surface area contributed by atoms with E-state index in [2.05, 4.69) is 348 Å². The van der Waals surface area contributed by atoms with Crippen LogP contribution in [0.4, 0.5) is 0 Å². The van der Waals surface area contributed by atoms with Crippen LogP contribution < -0.4 is 37.2 Å². The van der Waals surface area contributed by atoms with Crippen molar-refractivity contribution in [3.63, 3.8) is 0 Å². The van der Waals surface area contributed by atoms with Crippen LogP contribution in [0.1, 0.15) is 405 Å². The molecule has 143 heavy (non-hydrogen) atoms. The topological polar surface area (TPSA) is 202 Å². The summed E-state index contributed by atoms with van der Waals surface area (Å²) in [7, 11) is 0. The van der Waals surface area contributed by atoms with Crippen molar-refractivity contribution in [2.24, 2.45) is 50.7 Å². The lowest BCUT2D eigenvalue weighted by Crippen LogP contribution is -2.74. The molecule has 11 aliphatic heterocycles. The molecular formula is C121H229N17O5. The molecule has 3 unspecified atom stereocenters. The molecule has 4 spiro atoms. The molecule has 0 aromatic carbocycles. The van der Waals surface area contributed by atoms with Gasteiger partial charge in [-0.2, -0.15) is 0 Å². The summed E-state index contributed by atoms with van der Waals surface area (Å²) in [5, 5.41) is 23.7. The minimum Gasteiger partial charge on any atom is -0.389 e. The van der Waals surface area contributed by atoms with Gasteiger partial charge in [0.05, 0.1) is 0 Å². The summed E-state index contributed by atoms with van der Waals surface area (Å²) in [6.45, 7) is 132. The largest absolute Gasteiger partial charge is 0.389 e. The first-order valence-corrected chi connectivity index (χ1v) is 56.7. The number of rotatable bonds is 21. The van der Waals surface area contributed by atoms with E-state index in [1.54, 1.807) is 34.6 Å². The normalized spacial score (nSPS) is 25.9. The number of carbonyl (C=O) groups is 5. The lowest BCUT2D eigenvalue weighted by molar-refractivity contribution is -0.205. The third-order valence-corrected chi connectivity index (χ3v) is 33.1. The van der Waals surface area contributed by atoms with E-state index in [1.807, 2.05) is 6.92 Å². The fourth-order valence-corrected chi connectivity index (χ4v) is 24.2. The van der Waals surface area contributed by atoms with Crippen LogP contribution in [0.15, 0.2) is 61.4 Å². The lowest BCUT2D eigenvalue weighted by atomic mass is 9.34. The van der Waals surface area contributed by atoms with Gasteiger partial charge in [0.15, 0.2) is 0 Å². The number of piperidine rings is 3. The summed E-state index contributed by atoms with van der Waals surface area (Å²) < 4.78 is 0. The minimum absolute atomic E-state index is 0.0887. The molecule has 2 bridgehead atoms. The van der Waals surface area contributed by atoms with Crippen molar-refractivity contribution >= 4 is 29.2 Å². The standard InChI is InChI=1S/2C13H24N2.C13H23NO.C13H25NO.C12H22N2O.C12H22N2.C12H23NO.C11H22N2O.2C11H22N2/c1-10(2)15-8-13(9-15)6-11(7-13)14-12(3,4)5;1-11-5-6-13(14-11)7-9-15(10-8-13)12(2,3)4;1-10(15)5-12-6-13(7-12,8-12)9-14-11(2,3)4;1-11(15)7-8-12-6-5-9-14(10-12)13(2,3)4;1-9(15)13-10-5-12(6-10)7-14(8-12)11(2,3)4;1-10(2)13-6-12(7-13)8-14(9-12)11(3,4)5;1-10(14)5-6-11-7-8-13(9-11)12(2,3)4;1-9(14)12-10-6-5-7-13(8-10)11(2,3)4;1-9(2)13-7-10(8-13)6-12-11(3,4)5;1-9(2)12-6-10-7-13(8-10)11(3,4)5/h11,14H,1,6-9H2,2-5H3;14H,1,5-10H2,2-4H3;14H,5-9H2,1-4H3;12H,5-10H2,1-4H3;10H,5-8H2,1-4H3,(H,13,15);1,6-9H2,2-5H3;11H,5-9H2,1-4H3;10H,5-8H2,1-4H3,(H,12,14);2*10,12H,1,6-8H2,2-5H3. The average Bonchev–Trinajstić information content (AvgIpc) is 0.903. The molecule has 0 radical (unpaired) electrons. The zero-order chi connectivity index (χ0) is 109. The van der Waals surface area contributed by atoms with Crippen molar-refractivity contribution in [1.82, 2.24) is 86.2 Å². The number of Topliss-reactive ketones (excluding diaryl/α,β-unsaturated/α-hetero) is 3. The predicted octanol–water partition coefficient (Wildman–Crippen LogP) is 21.1. The summed E-state index contributed by atoms with van der Waals surface area (Å²) in [5.74, 6) is 4.36. The SMILES string of the molecule is C=C(C)N1CC(CNC(C)(C)C)C1.C=C(C)N1CC2(C1)CN(C(C)(C)C)C2.C=C(C)N1CC2(CC(NC(C)(C)C)C2)C1.C=C(C)NCC1CN(C(C)(C)C)C1.C=C1CCC2(CCN(C(C)(C)C)CC2)N1.CC(=O)CC12CC(CNC(C)(C)C)(C1)C2.CC(=O)CCC1CCCN(C(C)(C)C)C1.CC(=O)CCC1CCN(C(C)(C)C)C1.CC(=O)NC1CC2(C1)CN(C(C)(C)C)C2.CC(=O)NC1CCCN(C(C)(C)C)C1. The predicted molar refractivity (Wildman–Crippen MR) is 609 cm³/mol. The molecule has 16 rings (SSSR count). The lowest BCUT2D eigenvalue weighted by Gasteiger charge is -2.71. The molecule has 11 saturated heterocycles. The summed E-state index contributed by atoms with van der Waals surface area (Å²) in [5.41, 5.74) is 12.1. The maximum Gasteiger partial charge on any atom is 0.217 e. The maximum atomic E-state index is 11.1. The van der Waals surface area contributed by atoms with E-state index in [4.69, 9.17) is 0 Å². The smallest absolute Gasteiger partial charge is 0.217 e. The Morgan fingerprint density at radius 2 is 0.734 bits per heavy atom. The van der Waals surface area contributed by atoms with Gasteiger partial charge in [-0.1, -0.05) is 32.9 Å². The number of nitrogens with one attached hydrogen (secondary N) is 7. The number of ketones is 3. The second-order valence-corrected chi connectivity index (χ2v) is 59.0. The second-order valence-electron chi connectivity index (χ2n) is 59.0. The van der Waals surface area contributed by atoms with Gasteiger partial charge in [0.2, 0.25) is 11.8 Å². The fourth-order valence-electron chi connectivity index (χ4n) is 24.2. The molecule has 3 atom stereocenters. The summed E-state index contributed by atoms with van der Waals surface area (Å²) in [4.78, 5) is 79.5. The van der Waals surface area contributed by atoms with Crippen molar-refractivity contribution in [2.75, 3.05) is 151 Å². The van der Waals surface area contributed by atoms with Gasteiger partial charge in [-0.15, -0.1) is 0 Å². The quantitative estimate of drug-likeness (QED) is 0.0571. The summed E-state index contributed by atoms with van der Waals surface area (Å²) in [6, 6.07) is 1.54. The van der Waals surface area contributed by atoms with E-state index in [0.29, 0.717) is 89.7 Å². The number of allylic oxidation sites excluding steroid dienone is 5. The number of amides is 2. The van der Waals surface area contributed by atoms with E-state index < -0.39 is 0 Å². The Balaban J connectivity index is 0.000000243. The van der Waals surface area contributed by atoms with Gasteiger partial charge in [-0.05, 0) is 419 Å². The van der Waals surface area contributed by atoms with E-state index in [1.165, 1.54) is 237 Å². The molecule has 11 heterocycles. The summed E-state index contributed by atoms with van der Waals surface area (Å²) in [6.07, 6.45) is 24.6. The highest BCUT2D eigenvalue weighted by Gasteiger charge is 2.67. The number of carbonyl (C=O) groups excluding carboxylic acids is 5. The van der Waals surface area contributed by atoms with Gasteiger partial charge >= 0.3 is 0 Å². The van der Waals surface area contributed by atoms with Crippen molar-refractivity contribution in [3.05, 3.63) is 61.4 Å². The highest BCUT2D eigenvalue weighted by Crippen LogP contribution is 2.74. The van der Waals surface area contributed by atoms with Crippen molar-refractivity contribution in [3.8, 4) is 0 Å². The molecule has 22 heteroatoms. The number of hydrogen-bond acceptors (Lipinski definition) is 20. The van der Waals surface area contributed by atoms with Crippen LogP contribution >= 0.6 is 0 Å². The molecule has 22 nitrogen and oxygen atoms in total. The highest BCUT2D eigenvalue weighted by molar-refractivity contribution is 5.77. The van der Waals surface area contributed by atoms with Gasteiger partial charge in [0, 0.05) is 294 Å². The second kappa shape index (κ2) is 51.1. The zero-order valence-corrected chi connectivity index (χ0v) is 101. The zero-order valence-electron chi connectivity index (χ0n) is 101. The Labute approximate surface area is 880 Å². The van der Waals surface area contributed by atoms with Crippen LogP contribution in [0.25, 0.3) is 0 Å². The van der Waals surface area contributed by atoms with Crippen LogP contribution in [0, 0.1) is 50.7 Å². The molecule has 828 valence electrons. The summed E-state index contributed by atoms with van der Waals surface area (Å²) >= 11 is 0. The molecule has 5 aliphatic carbocycles. The first kappa shape index (κ1) is 127. The first-order valence-electron chi connectivity index (χ1n) is 56.7. The molecule has 7 N–H and O–H groups in total. The van der Waals surface area contributed by atoms with Gasteiger partial charge in [0.25, 0.3) is 0 Å². The Hall–Kier alpha value is -4.75. The van der Waals surface area contributed by atoms with E-state index in [0.717, 1.165) is 107 Å². The molecular weight excluding hydrogens is 1770 g/mol. The highest BCUT2D eigenvalue weighted by atomic mass is 16.2. The molecule has 16 aliphatic rings. The van der Waals surface area contributed by atoms with Gasteiger partial charge in [0.1, 0.15) is 17.3 Å². The third kappa shape index (κ3) is 43.1.